The zero-order chi connectivity index (χ0) is 13.3. The monoisotopic (exact) mass is 308 g/mol. The summed E-state index contributed by atoms with van der Waals surface area (Å²) in [7, 11) is 0. The van der Waals surface area contributed by atoms with Crippen LogP contribution in [0.3, 0.4) is 0 Å². The summed E-state index contributed by atoms with van der Waals surface area (Å²) >= 11 is 3.38. The molecule has 96 valence electrons. The van der Waals surface area contributed by atoms with Crippen LogP contribution >= 0.6 is 15.9 Å². The van der Waals surface area contributed by atoms with Gasteiger partial charge < -0.3 is 0 Å². The van der Waals surface area contributed by atoms with E-state index in [-0.39, 0.29) is 5.56 Å². The predicted molar refractivity (Wildman–Crippen MR) is 77.6 cm³/mol. The second kappa shape index (κ2) is 5.14. The Balaban J connectivity index is 2.61. The minimum Gasteiger partial charge on any atom is -0.294 e. The number of aromatic nitrogens is 2. The van der Waals surface area contributed by atoms with Crippen molar-refractivity contribution in [1.82, 2.24) is 9.78 Å². The van der Waals surface area contributed by atoms with Crippen molar-refractivity contribution in [3.63, 3.8) is 0 Å². The number of hydrogen-bond donors (Lipinski definition) is 1. The largest absolute Gasteiger partial charge is 0.294 e. The summed E-state index contributed by atoms with van der Waals surface area (Å²) < 4.78 is 2.27. The Morgan fingerprint density at radius 2 is 2.06 bits per heavy atom. The van der Waals surface area contributed by atoms with E-state index in [1.165, 1.54) is 0 Å². The molecule has 4 heteroatoms. The van der Waals surface area contributed by atoms with Gasteiger partial charge in [-0.3, -0.25) is 9.89 Å². The third-order valence-corrected chi connectivity index (χ3v) is 3.83. The number of nitrogens with zero attached hydrogens (tertiary/aromatic N) is 1. The van der Waals surface area contributed by atoms with Crippen molar-refractivity contribution in [1.29, 1.82) is 0 Å². The summed E-state index contributed by atoms with van der Waals surface area (Å²) in [5, 5.41) is 3.19. The molecule has 0 bridgehead atoms. The van der Waals surface area contributed by atoms with E-state index < -0.39 is 0 Å². The maximum absolute atomic E-state index is 12.2. The first-order valence-corrected chi connectivity index (χ1v) is 6.91. The number of H-pyrrole nitrogens is 1. The van der Waals surface area contributed by atoms with Crippen molar-refractivity contribution in [3.8, 4) is 5.69 Å². The highest BCUT2D eigenvalue weighted by Crippen LogP contribution is 2.18. The molecule has 18 heavy (non-hydrogen) atoms. The van der Waals surface area contributed by atoms with Crippen LogP contribution in [0.15, 0.2) is 27.5 Å². The van der Waals surface area contributed by atoms with Gasteiger partial charge in [0.15, 0.2) is 0 Å². The van der Waals surface area contributed by atoms with Gasteiger partial charge in [-0.25, -0.2) is 4.68 Å². The number of hydrogen-bond acceptors (Lipinski definition) is 1. The Morgan fingerprint density at radius 3 is 2.72 bits per heavy atom. The summed E-state index contributed by atoms with van der Waals surface area (Å²) in [6.45, 7) is 6.13. The standard InChI is InChI=1S/C14H17BrN2O/c1-4-5-11-13(15)14(18)17(16-11)12-8-9(2)6-7-10(12)3/h6-8,16H,4-5H2,1-3H3. The molecule has 0 spiro atoms. The van der Waals surface area contributed by atoms with Crippen LogP contribution in [-0.2, 0) is 6.42 Å². The van der Waals surface area contributed by atoms with Crippen molar-refractivity contribution in [2.45, 2.75) is 33.6 Å². The second-order valence-electron chi connectivity index (χ2n) is 4.58. The summed E-state index contributed by atoms with van der Waals surface area (Å²) in [6.07, 6.45) is 1.87. The molecule has 0 atom stereocenters. The Morgan fingerprint density at radius 1 is 1.33 bits per heavy atom. The normalized spacial score (nSPS) is 10.9. The van der Waals surface area contributed by atoms with Crippen LogP contribution in [0.2, 0.25) is 0 Å². The Labute approximate surface area is 115 Å². The highest BCUT2D eigenvalue weighted by atomic mass is 79.9. The average Bonchev–Trinajstić information content (AvgIpc) is 2.61. The Hall–Kier alpha value is -1.29. The fourth-order valence-corrected chi connectivity index (χ4v) is 2.47. The van der Waals surface area contributed by atoms with Gasteiger partial charge in [0.2, 0.25) is 0 Å². The van der Waals surface area contributed by atoms with E-state index in [1.54, 1.807) is 4.68 Å². The highest BCUT2D eigenvalue weighted by Gasteiger charge is 2.13. The van der Waals surface area contributed by atoms with Gasteiger partial charge in [-0.1, -0.05) is 25.5 Å². The third-order valence-electron chi connectivity index (χ3n) is 3.01. The van der Waals surface area contributed by atoms with Gasteiger partial charge in [0.1, 0.15) is 4.47 Å². The van der Waals surface area contributed by atoms with Crippen LogP contribution in [0, 0.1) is 13.8 Å². The first-order valence-electron chi connectivity index (χ1n) is 6.11. The van der Waals surface area contributed by atoms with Gasteiger partial charge in [0, 0.05) is 0 Å². The number of aryl methyl sites for hydroxylation is 3. The molecule has 0 aliphatic carbocycles. The Kier molecular flexibility index (Phi) is 3.76. The van der Waals surface area contributed by atoms with Gasteiger partial charge in [-0.15, -0.1) is 0 Å². The van der Waals surface area contributed by atoms with Crippen LogP contribution < -0.4 is 5.56 Å². The zero-order valence-electron chi connectivity index (χ0n) is 10.9. The Bertz CT molecular complexity index is 625. The minimum atomic E-state index is -0.0212. The van der Waals surface area contributed by atoms with E-state index in [4.69, 9.17) is 0 Å². The van der Waals surface area contributed by atoms with Crippen LogP contribution in [0.25, 0.3) is 5.69 Å². The van der Waals surface area contributed by atoms with E-state index in [9.17, 15) is 4.79 Å². The molecule has 0 aliphatic heterocycles. The number of halogens is 1. The molecule has 0 amide bonds. The van der Waals surface area contributed by atoms with Crippen molar-refractivity contribution in [2.75, 3.05) is 0 Å². The SMILES string of the molecule is CCCc1[nH]n(-c2cc(C)ccc2C)c(=O)c1Br. The van der Waals surface area contributed by atoms with Crippen LogP contribution in [-0.4, -0.2) is 9.78 Å². The molecule has 2 rings (SSSR count). The van der Waals surface area contributed by atoms with E-state index in [0.717, 1.165) is 35.3 Å². The average molecular weight is 309 g/mol. The summed E-state index contributed by atoms with van der Waals surface area (Å²) in [5.41, 5.74) is 4.09. The lowest BCUT2D eigenvalue weighted by atomic mass is 10.1. The van der Waals surface area contributed by atoms with Crippen molar-refractivity contribution < 1.29 is 0 Å². The predicted octanol–water partition coefficient (Wildman–Crippen LogP) is 3.50. The summed E-state index contributed by atoms with van der Waals surface area (Å²) in [6, 6.07) is 6.11. The maximum atomic E-state index is 12.2. The third kappa shape index (κ3) is 2.29. The molecule has 0 radical (unpaired) electrons. The van der Waals surface area contributed by atoms with Gasteiger partial charge in [-0.2, -0.15) is 0 Å². The van der Waals surface area contributed by atoms with E-state index in [1.807, 2.05) is 26.0 Å². The van der Waals surface area contributed by atoms with Gasteiger partial charge in [-0.05, 0) is 53.4 Å². The quantitative estimate of drug-likeness (QED) is 0.926. The molecule has 3 nitrogen and oxygen atoms in total. The molecule has 1 heterocycles. The van der Waals surface area contributed by atoms with Crippen LogP contribution in [0.4, 0.5) is 0 Å². The zero-order valence-corrected chi connectivity index (χ0v) is 12.5. The lowest BCUT2D eigenvalue weighted by Gasteiger charge is -2.07. The molecule has 1 N–H and O–H groups in total. The van der Waals surface area contributed by atoms with Gasteiger partial charge >= 0.3 is 0 Å². The molecule has 0 aliphatic rings. The topological polar surface area (TPSA) is 37.8 Å². The smallest absolute Gasteiger partial charge is 0.285 e. The molecular formula is C14H17BrN2O. The number of nitrogens with one attached hydrogen (secondary N) is 1. The molecular weight excluding hydrogens is 292 g/mol. The lowest BCUT2D eigenvalue weighted by Crippen LogP contribution is -2.15. The van der Waals surface area contributed by atoms with E-state index in [2.05, 4.69) is 34.0 Å². The fraction of sp³-hybridized carbons (Fsp3) is 0.357. The van der Waals surface area contributed by atoms with Gasteiger partial charge in [0.25, 0.3) is 5.56 Å². The first kappa shape index (κ1) is 13.1. The van der Waals surface area contributed by atoms with Crippen LogP contribution in [0.1, 0.15) is 30.2 Å². The summed E-state index contributed by atoms with van der Waals surface area (Å²) in [4.78, 5) is 12.2. The molecule has 2 aromatic rings. The van der Waals surface area contributed by atoms with Crippen molar-refractivity contribution >= 4 is 15.9 Å². The molecule has 0 saturated carbocycles. The lowest BCUT2D eigenvalue weighted by molar-refractivity contribution is 0.789. The fourth-order valence-electron chi connectivity index (χ4n) is 2.01. The molecule has 0 unspecified atom stereocenters. The first-order chi connectivity index (χ1) is 8.54. The second-order valence-corrected chi connectivity index (χ2v) is 5.38. The highest BCUT2D eigenvalue weighted by molar-refractivity contribution is 9.10. The van der Waals surface area contributed by atoms with Crippen molar-refractivity contribution in [3.05, 3.63) is 49.8 Å². The van der Waals surface area contributed by atoms with Gasteiger partial charge in [0.05, 0.1) is 11.4 Å². The molecule has 0 fully saturated rings. The number of benzene rings is 1. The summed E-state index contributed by atoms with van der Waals surface area (Å²) in [5.74, 6) is 0. The number of rotatable bonds is 3. The molecule has 0 saturated heterocycles. The number of aromatic amines is 1. The molecule has 1 aromatic carbocycles. The van der Waals surface area contributed by atoms with E-state index >= 15 is 0 Å². The minimum absolute atomic E-state index is 0.0212. The molecule has 1 aromatic heterocycles. The van der Waals surface area contributed by atoms with Crippen molar-refractivity contribution in [2.24, 2.45) is 0 Å². The maximum Gasteiger partial charge on any atom is 0.285 e. The van der Waals surface area contributed by atoms with Crippen LogP contribution in [0.5, 0.6) is 0 Å². The van der Waals surface area contributed by atoms with E-state index in [0.29, 0.717) is 4.47 Å².